The van der Waals surface area contributed by atoms with E-state index in [2.05, 4.69) is 10.2 Å². The van der Waals surface area contributed by atoms with Gasteiger partial charge in [-0.25, -0.2) is 0 Å². The van der Waals surface area contributed by atoms with Gasteiger partial charge in [0.2, 0.25) is 17.7 Å². The summed E-state index contributed by atoms with van der Waals surface area (Å²) in [7, 11) is 0. The monoisotopic (exact) mass is 498 g/mol. The number of carbonyl (C=O) groups is 2. The number of piperidine rings is 1. The highest BCUT2D eigenvalue weighted by molar-refractivity contribution is 6.33. The van der Waals surface area contributed by atoms with Gasteiger partial charge in [0.1, 0.15) is 0 Å². The van der Waals surface area contributed by atoms with Crippen LogP contribution in [0.2, 0.25) is 10.0 Å². The molecule has 2 aliphatic rings. The molecule has 9 heteroatoms. The molecule has 1 saturated heterocycles. The molecule has 2 heterocycles. The van der Waals surface area contributed by atoms with Crippen LogP contribution in [0.1, 0.15) is 41.9 Å². The summed E-state index contributed by atoms with van der Waals surface area (Å²) in [6, 6.07) is 14.4. The first-order chi connectivity index (χ1) is 16.5. The summed E-state index contributed by atoms with van der Waals surface area (Å²) in [5, 5.41) is 9.41. The molecule has 0 atom stereocenters. The van der Waals surface area contributed by atoms with Gasteiger partial charge in [0.05, 0.1) is 17.1 Å². The van der Waals surface area contributed by atoms with Crippen molar-refractivity contribution in [2.45, 2.75) is 38.3 Å². The van der Waals surface area contributed by atoms with Crippen LogP contribution in [0, 0.1) is 5.92 Å². The van der Waals surface area contributed by atoms with Gasteiger partial charge in [-0.15, -0.1) is 10.2 Å². The Morgan fingerprint density at radius 2 is 1.68 bits per heavy atom. The summed E-state index contributed by atoms with van der Waals surface area (Å²) in [6.07, 6.45) is 3.22. The predicted octanol–water partition coefficient (Wildman–Crippen LogP) is 5.09. The lowest BCUT2D eigenvalue weighted by Gasteiger charge is -2.34. The van der Waals surface area contributed by atoms with Crippen LogP contribution >= 0.6 is 23.2 Å². The Bertz CT molecular complexity index is 1180. The molecule has 0 N–H and O–H groups in total. The summed E-state index contributed by atoms with van der Waals surface area (Å²) in [4.78, 5) is 29.8. The van der Waals surface area contributed by atoms with E-state index >= 15 is 0 Å². The number of halogens is 2. The molecule has 2 fully saturated rings. The van der Waals surface area contributed by atoms with E-state index in [9.17, 15) is 9.59 Å². The molecule has 1 aliphatic carbocycles. The van der Waals surface area contributed by atoms with E-state index in [1.54, 1.807) is 30.3 Å². The third-order valence-corrected chi connectivity index (χ3v) is 6.95. The molecule has 1 saturated carbocycles. The zero-order valence-corrected chi connectivity index (χ0v) is 20.0. The Balaban J connectivity index is 1.22. The fraction of sp³-hybridized carbons (Fsp3) is 0.360. The van der Waals surface area contributed by atoms with Crippen molar-refractivity contribution in [3.8, 4) is 11.5 Å². The van der Waals surface area contributed by atoms with Crippen molar-refractivity contribution in [3.05, 3.63) is 70.0 Å². The topological polar surface area (TPSA) is 79.5 Å². The molecule has 2 amide bonds. The standard InChI is InChI=1S/C25H24Cl2N4O3/c26-18-7-5-16(6-8-18)24(32)30-13-11-17(12-14-30)25(33)31(19-9-10-19)15-22-28-29-23(34-22)20-3-1-2-4-21(20)27/h1-8,17,19H,9-15H2. The van der Waals surface area contributed by atoms with E-state index in [4.69, 9.17) is 27.6 Å². The number of hydrogen-bond donors (Lipinski definition) is 0. The Kier molecular flexibility index (Phi) is 6.57. The van der Waals surface area contributed by atoms with Gasteiger partial charge in [-0.1, -0.05) is 35.3 Å². The number of amides is 2. The highest BCUT2D eigenvalue weighted by atomic mass is 35.5. The van der Waals surface area contributed by atoms with Crippen molar-refractivity contribution in [2.75, 3.05) is 13.1 Å². The van der Waals surface area contributed by atoms with Crippen LogP contribution in [0.15, 0.2) is 52.9 Å². The molecule has 176 valence electrons. The van der Waals surface area contributed by atoms with Gasteiger partial charge in [-0.2, -0.15) is 0 Å². The molecule has 34 heavy (non-hydrogen) atoms. The molecular formula is C25H24Cl2N4O3. The number of likely N-dealkylation sites (tertiary alicyclic amines) is 1. The largest absolute Gasteiger partial charge is 0.419 e. The minimum atomic E-state index is -0.124. The Labute approximate surface area is 207 Å². The van der Waals surface area contributed by atoms with Crippen molar-refractivity contribution in [2.24, 2.45) is 5.92 Å². The molecule has 3 aromatic rings. The second-order valence-corrected chi connectivity index (χ2v) is 9.60. The number of hydrogen-bond acceptors (Lipinski definition) is 5. The lowest BCUT2D eigenvalue weighted by atomic mass is 9.94. The summed E-state index contributed by atoms with van der Waals surface area (Å²) < 4.78 is 5.84. The van der Waals surface area contributed by atoms with Gasteiger partial charge < -0.3 is 14.2 Å². The minimum absolute atomic E-state index is 0.0282. The predicted molar refractivity (Wildman–Crippen MR) is 128 cm³/mol. The van der Waals surface area contributed by atoms with Crippen molar-refractivity contribution < 1.29 is 14.0 Å². The van der Waals surface area contributed by atoms with Crippen LogP contribution in [-0.4, -0.2) is 50.9 Å². The SMILES string of the molecule is O=C(c1ccc(Cl)cc1)N1CCC(C(=O)N(Cc2nnc(-c3ccccc3Cl)o2)C2CC2)CC1. The molecule has 7 nitrogen and oxygen atoms in total. The van der Waals surface area contributed by atoms with Crippen LogP contribution in [0.4, 0.5) is 0 Å². The lowest BCUT2D eigenvalue weighted by Crippen LogP contribution is -2.45. The van der Waals surface area contributed by atoms with Gasteiger partial charge >= 0.3 is 0 Å². The number of carbonyl (C=O) groups excluding carboxylic acids is 2. The summed E-state index contributed by atoms with van der Waals surface area (Å²) in [5.41, 5.74) is 1.28. The van der Waals surface area contributed by atoms with E-state index in [1.807, 2.05) is 28.0 Å². The first kappa shape index (κ1) is 22.9. The summed E-state index contributed by atoms with van der Waals surface area (Å²) in [5.74, 6) is 0.683. The first-order valence-corrected chi connectivity index (χ1v) is 12.2. The average Bonchev–Trinajstić information content (AvgIpc) is 3.60. The third kappa shape index (κ3) is 4.95. The molecule has 5 rings (SSSR count). The molecule has 1 aliphatic heterocycles. The van der Waals surface area contributed by atoms with E-state index < -0.39 is 0 Å². The molecule has 0 unspecified atom stereocenters. The second-order valence-electron chi connectivity index (χ2n) is 8.75. The van der Waals surface area contributed by atoms with Crippen molar-refractivity contribution in [1.29, 1.82) is 0 Å². The normalized spacial score (nSPS) is 16.5. The maximum absolute atomic E-state index is 13.4. The van der Waals surface area contributed by atoms with Gasteiger partial charge in [0, 0.05) is 35.6 Å². The van der Waals surface area contributed by atoms with Gasteiger partial charge in [0.25, 0.3) is 5.91 Å². The van der Waals surface area contributed by atoms with E-state index in [0.717, 1.165) is 12.8 Å². The van der Waals surface area contributed by atoms with Gasteiger partial charge in [-0.05, 0) is 62.1 Å². The number of rotatable bonds is 6. The van der Waals surface area contributed by atoms with Gasteiger partial charge in [-0.3, -0.25) is 9.59 Å². The minimum Gasteiger partial charge on any atom is -0.419 e. The highest BCUT2D eigenvalue weighted by Crippen LogP contribution is 2.33. The van der Waals surface area contributed by atoms with E-state index in [1.165, 1.54) is 0 Å². The van der Waals surface area contributed by atoms with Crippen LogP contribution in [0.5, 0.6) is 0 Å². The summed E-state index contributed by atoms with van der Waals surface area (Å²) in [6.45, 7) is 1.38. The first-order valence-electron chi connectivity index (χ1n) is 11.4. The molecule has 0 bridgehead atoms. The zero-order chi connectivity index (χ0) is 23.7. The van der Waals surface area contributed by atoms with Crippen LogP contribution < -0.4 is 0 Å². The average molecular weight is 499 g/mol. The number of nitrogens with zero attached hydrogens (tertiary/aromatic N) is 4. The Morgan fingerprint density at radius 1 is 0.971 bits per heavy atom. The quantitative estimate of drug-likeness (QED) is 0.472. The molecular weight excluding hydrogens is 475 g/mol. The maximum Gasteiger partial charge on any atom is 0.253 e. The Hall–Kier alpha value is -2.90. The maximum atomic E-state index is 13.4. The zero-order valence-electron chi connectivity index (χ0n) is 18.5. The number of aromatic nitrogens is 2. The lowest BCUT2D eigenvalue weighted by molar-refractivity contribution is -0.138. The molecule has 1 aromatic heterocycles. The van der Waals surface area contributed by atoms with Crippen LogP contribution in [0.25, 0.3) is 11.5 Å². The molecule has 0 spiro atoms. The van der Waals surface area contributed by atoms with Crippen LogP contribution in [0.3, 0.4) is 0 Å². The van der Waals surface area contributed by atoms with Crippen molar-refractivity contribution in [1.82, 2.24) is 20.0 Å². The molecule has 0 radical (unpaired) electrons. The van der Waals surface area contributed by atoms with Crippen LogP contribution in [-0.2, 0) is 11.3 Å². The fourth-order valence-corrected chi connectivity index (χ4v) is 4.66. The Morgan fingerprint density at radius 3 is 2.35 bits per heavy atom. The van der Waals surface area contributed by atoms with E-state index in [0.29, 0.717) is 58.9 Å². The van der Waals surface area contributed by atoms with Crippen molar-refractivity contribution >= 4 is 35.0 Å². The fourth-order valence-electron chi connectivity index (χ4n) is 4.32. The number of benzene rings is 2. The van der Waals surface area contributed by atoms with Gasteiger partial charge in [0.15, 0.2) is 0 Å². The smallest absolute Gasteiger partial charge is 0.253 e. The van der Waals surface area contributed by atoms with E-state index in [-0.39, 0.29) is 30.3 Å². The second kappa shape index (κ2) is 9.76. The molecule has 2 aromatic carbocycles. The third-order valence-electron chi connectivity index (χ3n) is 6.37. The summed E-state index contributed by atoms with van der Waals surface area (Å²) >= 11 is 12.2. The highest BCUT2D eigenvalue weighted by Gasteiger charge is 2.38. The van der Waals surface area contributed by atoms with Crippen molar-refractivity contribution in [3.63, 3.8) is 0 Å².